The number of carbonyl (C=O) groups excluding carboxylic acids is 2. The van der Waals surface area contributed by atoms with Gasteiger partial charge in [0.05, 0.1) is 11.6 Å². The third-order valence-corrected chi connectivity index (χ3v) is 8.56. The van der Waals surface area contributed by atoms with Crippen LogP contribution in [0.5, 0.6) is 0 Å². The Balaban J connectivity index is 1.37. The molecular formula is C25H32N4O4S. The van der Waals surface area contributed by atoms with Crippen molar-refractivity contribution in [2.75, 3.05) is 32.8 Å². The van der Waals surface area contributed by atoms with Crippen molar-refractivity contribution in [3.05, 3.63) is 65.7 Å². The van der Waals surface area contributed by atoms with E-state index < -0.39 is 21.6 Å². The van der Waals surface area contributed by atoms with Crippen molar-refractivity contribution in [1.82, 2.24) is 19.4 Å². The molecule has 8 nitrogen and oxygen atoms in total. The van der Waals surface area contributed by atoms with Gasteiger partial charge in [-0.2, -0.15) is 4.31 Å². The topological polar surface area (TPSA) is 90.0 Å². The molecule has 2 aliphatic rings. The lowest BCUT2D eigenvalue weighted by Crippen LogP contribution is -2.46. The Kier molecular flexibility index (Phi) is 7.06. The molecule has 2 aliphatic heterocycles. The molecule has 0 aromatic heterocycles. The molecule has 2 heterocycles. The number of sulfonamides is 1. The van der Waals surface area contributed by atoms with Crippen LogP contribution in [0.25, 0.3) is 0 Å². The van der Waals surface area contributed by atoms with E-state index in [-0.39, 0.29) is 17.5 Å². The van der Waals surface area contributed by atoms with Gasteiger partial charge in [0.15, 0.2) is 0 Å². The summed E-state index contributed by atoms with van der Waals surface area (Å²) >= 11 is 0. The highest BCUT2D eigenvalue weighted by Crippen LogP contribution is 2.24. The number of hydrogen-bond acceptors (Lipinski definition) is 5. The molecule has 1 atom stereocenters. The first-order chi connectivity index (χ1) is 16.2. The molecule has 1 unspecified atom stereocenters. The lowest BCUT2D eigenvalue weighted by Gasteiger charge is -2.26. The summed E-state index contributed by atoms with van der Waals surface area (Å²) < 4.78 is 27.6. The predicted octanol–water partition coefficient (Wildman–Crippen LogP) is 2.59. The second-order valence-corrected chi connectivity index (χ2v) is 11.2. The van der Waals surface area contributed by atoms with Gasteiger partial charge < -0.3 is 5.32 Å². The van der Waals surface area contributed by atoms with Crippen LogP contribution in [0.4, 0.5) is 4.79 Å². The lowest BCUT2D eigenvalue weighted by atomic mass is 9.93. The van der Waals surface area contributed by atoms with Gasteiger partial charge in [-0.05, 0) is 50.8 Å². The van der Waals surface area contributed by atoms with E-state index in [2.05, 4.69) is 5.32 Å². The van der Waals surface area contributed by atoms with E-state index in [4.69, 9.17) is 0 Å². The number of benzene rings is 2. The number of nitrogens with one attached hydrogen (secondary N) is 1. The van der Waals surface area contributed by atoms with Gasteiger partial charge in [0.2, 0.25) is 10.0 Å². The average Bonchev–Trinajstić information content (AvgIpc) is 2.97. The Morgan fingerprint density at radius 1 is 0.941 bits per heavy atom. The van der Waals surface area contributed by atoms with Gasteiger partial charge >= 0.3 is 6.03 Å². The van der Waals surface area contributed by atoms with Crippen molar-refractivity contribution in [1.29, 1.82) is 0 Å². The highest BCUT2D eigenvalue weighted by Gasteiger charge is 2.47. The fraction of sp³-hybridized carbons (Fsp3) is 0.440. The molecule has 0 radical (unpaired) electrons. The zero-order valence-corrected chi connectivity index (χ0v) is 20.6. The highest BCUT2D eigenvalue weighted by atomic mass is 32.2. The monoisotopic (exact) mass is 484 g/mol. The summed E-state index contributed by atoms with van der Waals surface area (Å²) in [5.74, 6) is -0.234. The summed E-state index contributed by atoms with van der Waals surface area (Å²) in [6, 6.07) is 16.4. The number of urea groups is 1. The first kappa shape index (κ1) is 24.4. The molecule has 4 rings (SSSR count). The van der Waals surface area contributed by atoms with Gasteiger partial charge in [-0.15, -0.1) is 0 Å². The summed E-state index contributed by atoms with van der Waals surface area (Å²) in [5, 5.41) is 2.87. The number of rotatable bonds is 7. The number of aryl methyl sites for hydroxylation is 2. The van der Waals surface area contributed by atoms with Crippen molar-refractivity contribution in [2.24, 2.45) is 0 Å². The van der Waals surface area contributed by atoms with Crippen LogP contribution in [0.1, 0.15) is 30.9 Å². The minimum atomic E-state index is -3.58. The summed E-state index contributed by atoms with van der Waals surface area (Å²) in [7, 11) is -3.58. The van der Waals surface area contributed by atoms with Crippen LogP contribution >= 0.6 is 0 Å². The van der Waals surface area contributed by atoms with E-state index in [0.29, 0.717) is 45.4 Å². The van der Waals surface area contributed by atoms with Crippen LogP contribution < -0.4 is 5.32 Å². The van der Waals surface area contributed by atoms with Crippen LogP contribution in [0.2, 0.25) is 0 Å². The molecule has 2 saturated heterocycles. The summed E-state index contributed by atoms with van der Waals surface area (Å²) in [6.07, 6.45) is 1.83. The van der Waals surface area contributed by atoms with Gasteiger partial charge in [-0.25, -0.2) is 18.1 Å². The van der Waals surface area contributed by atoms with Gasteiger partial charge in [0, 0.05) is 26.2 Å². The molecule has 1 N–H and O–H groups in total. The third-order valence-electron chi connectivity index (χ3n) is 6.65. The molecule has 9 heteroatoms. The van der Waals surface area contributed by atoms with E-state index >= 15 is 0 Å². The van der Waals surface area contributed by atoms with Crippen molar-refractivity contribution >= 4 is 22.0 Å². The smallest absolute Gasteiger partial charge is 0.323 e. The van der Waals surface area contributed by atoms with Crippen LogP contribution in [-0.2, 0) is 21.2 Å². The summed E-state index contributed by atoms with van der Waals surface area (Å²) in [4.78, 5) is 29.4. The van der Waals surface area contributed by atoms with Gasteiger partial charge in [-0.3, -0.25) is 9.69 Å². The number of amides is 3. The SMILES string of the molecule is Cc1ccc(S(=O)(=O)N2CCCN(CN3C(=O)NC(C)(CCc4ccccc4)C3=O)CC2)cc1. The van der Waals surface area contributed by atoms with E-state index in [1.807, 2.05) is 42.2 Å². The third kappa shape index (κ3) is 5.16. The summed E-state index contributed by atoms with van der Waals surface area (Å²) in [6.45, 7) is 5.62. The Hall–Kier alpha value is -2.75. The molecule has 0 bridgehead atoms. The summed E-state index contributed by atoms with van der Waals surface area (Å²) in [5.41, 5.74) is 1.18. The van der Waals surface area contributed by atoms with Gasteiger partial charge in [0.1, 0.15) is 5.54 Å². The van der Waals surface area contributed by atoms with Crippen molar-refractivity contribution in [3.63, 3.8) is 0 Å². The zero-order chi connectivity index (χ0) is 24.3. The fourth-order valence-corrected chi connectivity index (χ4v) is 5.94. The van der Waals surface area contributed by atoms with E-state index in [1.54, 1.807) is 31.2 Å². The predicted molar refractivity (Wildman–Crippen MR) is 130 cm³/mol. The number of carbonyl (C=O) groups is 2. The van der Waals surface area contributed by atoms with Crippen LogP contribution in [0.15, 0.2) is 59.5 Å². The Morgan fingerprint density at radius 3 is 2.35 bits per heavy atom. The fourth-order valence-electron chi connectivity index (χ4n) is 4.47. The highest BCUT2D eigenvalue weighted by molar-refractivity contribution is 7.89. The first-order valence-electron chi connectivity index (χ1n) is 11.7. The molecule has 0 spiro atoms. The van der Waals surface area contributed by atoms with Crippen molar-refractivity contribution in [2.45, 2.75) is 43.5 Å². The zero-order valence-electron chi connectivity index (χ0n) is 19.7. The largest absolute Gasteiger partial charge is 0.326 e. The maximum atomic E-state index is 13.2. The van der Waals surface area contributed by atoms with Crippen LogP contribution in [0.3, 0.4) is 0 Å². The molecule has 34 heavy (non-hydrogen) atoms. The Morgan fingerprint density at radius 2 is 1.65 bits per heavy atom. The molecule has 2 aromatic rings. The van der Waals surface area contributed by atoms with Crippen LogP contribution in [0, 0.1) is 6.92 Å². The molecule has 2 fully saturated rings. The van der Waals surface area contributed by atoms with Crippen molar-refractivity contribution < 1.29 is 18.0 Å². The van der Waals surface area contributed by atoms with Crippen LogP contribution in [-0.4, -0.2) is 72.8 Å². The van der Waals surface area contributed by atoms with E-state index in [9.17, 15) is 18.0 Å². The lowest BCUT2D eigenvalue weighted by molar-refractivity contribution is -0.132. The normalized spacial score (nSPS) is 22.6. The molecular weight excluding hydrogens is 452 g/mol. The van der Waals surface area contributed by atoms with Gasteiger partial charge in [-0.1, -0.05) is 48.0 Å². The molecule has 0 saturated carbocycles. The Bertz CT molecular complexity index is 1140. The van der Waals surface area contributed by atoms with Gasteiger partial charge in [0.25, 0.3) is 5.91 Å². The standard InChI is InChI=1S/C25H32N4O4S/c1-20-9-11-22(12-10-20)34(32,33)28-16-6-15-27(17-18-28)19-29-23(30)25(2,26-24(29)31)14-13-21-7-4-3-5-8-21/h3-5,7-12H,6,13-19H2,1-2H3,(H,26,31). The second-order valence-electron chi connectivity index (χ2n) is 9.31. The number of hydrogen-bond donors (Lipinski definition) is 1. The molecule has 182 valence electrons. The van der Waals surface area contributed by atoms with E-state index in [0.717, 1.165) is 11.1 Å². The second kappa shape index (κ2) is 9.85. The maximum Gasteiger partial charge on any atom is 0.326 e. The molecule has 2 aromatic carbocycles. The number of imide groups is 1. The van der Waals surface area contributed by atoms with Crippen molar-refractivity contribution in [3.8, 4) is 0 Å². The average molecular weight is 485 g/mol. The maximum absolute atomic E-state index is 13.2. The molecule has 3 amide bonds. The minimum absolute atomic E-state index is 0.157. The minimum Gasteiger partial charge on any atom is -0.323 e. The first-order valence-corrected chi connectivity index (χ1v) is 13.1. The number of nitrogens with zero attached hydrogens (tertiary/aromatic N) is 3. The van der Waals surface area contributed by atoms with E-state index in [1.165, 1.54) is 9.21 Å². The quantitative estimate of drug-likeness (QED) is 0.610. The Labute approximate surface area is 201 Å². The molecule has 0 aliphatic carbocycles.